The van der Waals surface area contributed by atoms with E-state index in [4.69, 9.17) is 0 Å². The summed E-state index contributed by atoms with van der Waals surface area (Å²) in [6, 6.07) is -0.536. The second-order valence-electron chi connectivity index (χ2n) is 15.8. The van der Waals surface area contributed by atoms with E-state index in [1.165, 1.54) is 180 Å². The van der Waals surface area contributed by atoms with Gasteiger partial charge in [0.15, 0.2) is 0 Å². The van der Waals surface area contributed by atoms with Crippen LogP contribution in [0.3, 0.4) is 0 Å². The van der Waals surface area contributed by atoms with E-state index in [1.54, 1.807) is 0 Å². The second-order valence-corrected chi connectivity index (χ2v) is 15.8. The summed E-state index contributed by atoms with van der Waals surface area (Å²) in [4.78, 5) is 12.4. The molecule has 2 atom stereocenters. The van der Waals surface area contributed by atoms with Gasteiger partial charge in [0.25, 0.3) is 0 Å². The zero-order chi connectivity index (χ0) is 37.8. The SMILES string of the molecule is CCCCCCC/C=C\C/C=C\C/C=C\CCCCCCCCCCCCCCC(=O)NC(CO)C(O)CCCCCCCCCCCCCCC. The van der Waals surface area contributed by atoms with Crippen LogP contribution in [0, 0.1) is 0 Å². The lowest BCUT2D eigenvalue weighted by atomic mass is 10.0. The Labute approximate surface area is 325 Å². The molecule has 0 aromatic rings. The van der Waals surface area contributed by atoms with E-state index in [1.807, 2.05) is 0 Å². The van der Waals surface area contributed by atoms with Crippen molar-refractivity contribution >= 4 is 5.91 Å². The van der Waals surface area contributed by atoms with Crippen molar-refractivity contribution in [3.05, 3.63) is 36.5 Å². The van der Waals surface area contributed by atoms with Crippen LogP contribution in [0.1, 0.15) is 245 Å². The fourth-order valence-electron chi connectivity index (χ4n) is 7.07. The maximum Gasteiger partial charge on any atom is 0.220 e. The summed E-state index contributed by atoms with van der Waals surface area (Å²) >= 11 is 0. The van der Waals surface area contributed by atoms with E-state index in [0.29, 0.717) is 12.8 Å². The highest BCUT2D eigenvalue weighted by molar-refractivity contribution is 5.76. The first-order valence-corrected chi connectivity index (χ1v) is 23.2. The van der Waals surface area contributed by atoms with Crippen molar-refractivity contribution in [2.75, 3.05) is 6.61 Å². The number of aliphatic hydroxyl groups excluding tert-OH is 2. The molecular weight excluding hydrogens is 639 g/mol. The Morgan fingerprint density at radius 2 is 0.788 bits per heavy atom. The lowest BCUT2D eigenvalue weighted by Crippen LogP contribution is -2.45. The molecule has 0 saturated carbocycles. The van der Waals surface area contributed by atoms with Crippen molar-refractivity contribution in [1.82, 2.24) is 5.32 Å². The Bertz CT molecular complexity index is 790. The number of carbonyl (C=O) groups excluding carboxylic acids is 1. The van der Waals surface area contributed by atoms with E-state index in [-0.39, 0.29) is 12.5 Å². The molecule has 0 aromatic heterocycles. The Kier molecular flexibility index (Phi) is 42.8. The molecule has 3 N–H and O–H groups in total. The number of hydrogen-bond donors (Lipinski definition) is 3. The third kappa shape index (κ3) is 39.8. The summed E-state index contributed by atoms with van der Waals surface area (Å²) in [5, 5.41) is 23.2. The summed E-state index contributed by atoms with van der Waals surface area (Å²) in [7, 11) is 0. The van der Waals surface area contributed by atoms with Gasteiger partial charge in [-0.15, -0.1) is 0 Å². The lowest BCUT2D eigenvalue weighted by Gasteiger charge is -2.22. The molecule has 0 radical (unpaired) electrons. The molecule has 0 bridgehead atoms. The van der Waals surface area contributed by atoms with E-state index in [9.17, 15) is 15.0 Å². The minimum atomic E-state index is -0.659. The highest BCUT2D eigenvalue weighted by Crippen LogP contribution is 2.16. The van der Waals surface area contributed by atoms with Gasteiger partial charge in [-0.3, -0.25) is 4.79 Å². The fraction of sp³-hybridized carbons (Fsp3) is 0.854. The second kappa shape index (κ2) is 44.0. The van der Waals surface area contributed by atoms with Crippen molar-refractivity contribution in [3.8, 4) is 0 Å². The van der Waals surface area contributed by atoms with Gasteiger partial charge in [-0.2, -0.15) is 0 Å². The lowest BCUT2D eigenvalue weighted by molar-refractivity contribution is -0.123. The molecule has 4 heteroatoms. The fourth-order valence-corrected chi connectivity index (χ4v) is 7.07. The molecule has 0 spiro atoms. The predicted octanol–water partition coefficient (Wildman–Crippen LogP) is 14.6. The topological polar surface area (TPSA) is 69.6 Å². The maximum absolute atomic E-state index is 12.4. The van der Waals surface area contributed by atoms with Crippen LogP contribution < -0.4 is 5.32 Å². The van der Waals surface area contributed by atoms with Crippen molar-refractivity contribution in [2.24, 2.45) is 0 Å². The van der Waals surface area contributed by atoms with E-state index < -0.39 is 12.1 Å². The molecule has 0 aromatic carbocycles. The number of unbranched alkanes of at least 4 members (excludes halogenated alkanes) is 29. The van der Waals surface area contributed by atoms with Crippen LogP contribution in [0.25, 0.3) is 0 Å². The number of carbonyl (C=O) groups is 1. The monoisotopic (exact) mass is 730 g/mol. The van der Waals surface area contributed by atoms with Gasteiger partial charge in [-0.05, 0) is 51.4 Å². The molecule has 4 nitrogen and oxygen atoms in total. The highest BCUT2D eigenvalue weighted by atomic mass is 16.3. The molecule has 0 aliphatic heterocycles. The summed E-state index contributed by atoms with van der Waals surface area (Å²) in [5.74, 6) is -0.0332. The largest absolute Gasteiger partial charge is 0.394 e. The molecule has 52 heavy (non-hydrogen) atoms. The number of amides is 1. The summed E-state index contributed by atoms with van der Waals surface area (Å²) in [6.45, 7) is 4.35. The normalized spacial score (nSPS) is 13.2. The van der Waals surface area contributed by atoms with Crippen molar-refractivity contribution in [3.63, 3.8) is 0 Å². The predicted molar refractivity (Wildman–Crippen MR) is 230 cm³/mol. The average molecular weight is 730 g/mol. The standard InChI is InChI=1S/C48H91NO3/c1-3-5-7-9-11-13-15-17-18-19-20-21-22-23-24-25-26-27-28-29-30-32-34-36-38-40-42-44-48(52)49-46(45-50)47(51)43-41-39-37-35-33-31-16-14-12-10-8-6-4-2/h15,17,19-20,22-23,46-47,50-51H,3-14,16,18,21,24-45H2,1-2H3,(H,49,52)/b17-15-,20-19-,23-22-. The molecule has 0 aliphatic rings. The molecule has 0 saturated heterocycles. The molecule has 1 amide bonds. The smallest absolute Gasteiger partial charge is 0.220 e. The number of nitrogens with one attached hydrogen (secondary N) is 1. The van der Waals surface area contributed by atoms with Gasteiger partial charge in [-0.1, -0.05) is 224 Å². The highest BCUT2D eigenvalue weighted by Gasteiger charge is 2.20. The van der Waals surface area contributed by atoms with Gasteiger partial charge < -0.3 is 15.5 Å². The van der Waals surface area contributed by atoms with Gasteiger partial charge in [-0.25, -0.2) is 0 Å². The van der Waals surface area contributed by atoms with Gasteiger partial charge in [0.05, 0.1) is 18.8 Å². The van der Waals surface area contributed by atoms with Crippen molar-refractivity contribution in [1.29, 1.82) is 0 Å². The maximum atomic E-state index is 12.4. The molecule has 0 rings (SSSR count). The zero-order valence-electron chi connectivity index (χ0n) is 35.1. The van der Waals surface area contributed by atoms with Crippen LogP contribution in [0.2, 0.25) is 0 Å². The van der Waals surface area contributed by atoms with Gasteiger partial charge >= 0.3 is 0 Å². The third-order valence-electron chi connectivity index (χ3n) is 10.7. The number of rotatable bonds is 42. The van der Waals surface area contributed by atoms with Gasteiger partial charge in [0.1, 0.15) is 0 Å². The summed E-state index contributed by atoms with van der Waals surface area (Å²) in [5.41, 5.74) is 0. The zero-order valence-corrected chi connectivity index (χ0v) is 35.1. The summed E-state index contributed by atoms with van der Waals surface area (Å²) in [6.07, 6.45) is 58.0. The molecule has 0 aliphatic carbocycles. The molecule has 0 heterocycles. The van der Waals surface area contributed by atoms with Crippen molar-refractivity contribution in [2.45, 2.75) is 257 Å². The first kappa shape index (κ1) is 50.6. The molecule has 2 unspecified atom stereocenters. The quantitative estimate of drug-likeness (QED) is 0.0433. The van der Waals surface area contributed by atoms with Crippen LogP contribution in [-0.4, -0.2) is 34.9 Å². The van der Waals surface area contributed by atoms with Crippen LogP contribution in [-0.2, 0) is 4.79 Å². The van der Waals surface area contributed by atoms with Crippen LogP contribution >= 0.6 is 0 Å². The van der Waals surface area contributed by atoms with Crippen molar-refractivity contribution < 1.29 is 15.0 Å². The van der Waals surface area contributed by atoms with E-state index >= 15 is 0 Å². The number of hydrogen-bond acceptors (Lipinski definition) is 3. The molecule has 0 fully saturated rings. The van der Waals surface area contributed by atoms with Gasteiger partial charge in [0.2, 0.25) is 5.91 Å². The number of aliphatic hydroxyl groups is 2. The number of allylic oxidation sites excluding steroid dienone is 6. The average Bonchev–Trinajstić information content (AvgIpc) is 3.15. The first-order chi connectivity index (χ1) is 25.7. The Balaban J connectivity index is 3.49. The first-order valence-electron chi connectivity index (χ1n) is 23.2. The Morgan fingerprint density at radius 3 is 1.17 bits per heavy atom. The third-order valence-corrected chi connectivity index (χ3v) is 10.7. The molecular formula is C48H91NO3. The van der Waals surface area contributed by atoms with E-state index in [2.05, 4.69) is 55.6 Å². The van der Waals surface area contributed by atoms with Crippen LogP contribution in [0.5, 0.6) is 0 Å². The summed E-state index contributed by atoms with van der Waals surface area (Å²) < 4.78 is 0. The minimum absolute atomic E-state index is 0.0332. The minimum Gasteiger partial charge on any atom is -0.394 e. The molecule has 306 valence electrons. The van der Waals surface area contributed by atoms with Gasteiger partial charge in [0, 0.05) is 6.42 Å². The van der Waals surface area contributed by atoms with E-state index in [0.717, 1.165) is 38.5 Å². The van der Waals surface area contributed by atoms with Crippen LogP contribution in [0.4, 0.5) is 0 Å². The Morgan fingerprint density at radius 1 is 0.462 bits per heavy atom. The Hall–Kier alpha value is -1.39. The van der Waals surface area contributed by atoms with Crippen LogP contribution in [0.15, 0.2) is 36.5 Å².